The van der Waals surface area contributed by atoms with Crippen LogP contribution in [0.1, 0.15) is 35.8 Å². The molecule has 190 valence electrons. The fraction of sp³-hybridized carbons (Fsp3) is 0.250. The van der Waals surface area contributed by atoms with Crippen molar-refractivity contribution in [1.82, 2.24) is 15.1 Å². The summed E-state index contributed by atoms with van der Waals surface area (Å²) in [6, 6.07) is 19.8. The van der Waals surface area contributed by atoms with Crippen molar-refractivity contribution >= 4 is 52.3 Å². The second kappa shape index (κ2) is 10.7. The van der Waals surface area contributed by atoms with Gasteiger partial charge in [0.05, 0.1) is 21.6 Å². The van der Waals surface area contributed by atoms with Crippen molar-refractivity contribution in [1.29, 1.82) is 0 Å². The third-order valence-electron chi connectivity index (χ3n) is 6.02. The number of aromatic nitrogens is 2. The largest absolute Gasteiger partial charge is 0.352 e. The molecule has 1 unspecified atom stereocenters. The van der Waals surface area contributed by atoms with Crippen molar-refractivity contribution in [2.45, 2.75) is 32.1 Å². The zero-order valence-corrected chi connectivity index (χ0v) is 23.2. The topological polar surface area (TPSA) is 67.2 Å². The van der Waals surface area contributed by atoms with E-state index in [-0.39, 0.29) is 35.4 Å². The molecule has 1 atom stereocenters. The quantitative estimate of drug-likeness (QED) is 0.308. The number of halogens is 1. The third kappa shape index (κ3) is 5.32. The van der Waals surface area contributed by atoms with Crippen molar-refractivity contribution < 1.29 is 9.59 Å². The number of carbonyl (C=O) groups is 2. The zero-order chi connectivity index (χ0) is 26.1. The van der Waals surface area contributed by atoms with Gasteiger partial charge in [-0.05, 0) is 62.0 Å². The van der Waals surface area contributed by atoms with Crippen LogP contribution in [0.4, 0.5) is 5.82 Å². The first kappa shape index (κ1) is 25.6. The minimum atomic E-state index is -0.213. The highest BCUT2D eigenvalue weighted by molar-refractivity contribution is 8.00. The van der Waals surface area contributed by atoms with E-state index in [1.165, 1.54) is 11.8 Å². The summed E-state index contributed by atoms with van der Waals surface area (Å²) in [7, 11) is 0. The summed E-state index contributed by atoms with van der Waals surface area (Å²) in [6.07, 6.45) is 0. The second-order valence-electron chi connectivity index (χ2n) is 9.26. The molecule has 0 saturated carbocycles. The van der Waals surface area contributed by atoms with Gasteiger partial charge < -0.3 is 5.32 Å². The molecule has 1 aliphatic rings. The van der Waals surface area contributed by atoms with Crippen LogP contribution in [0, 0.1) is 6.92 Å². The molecule has 37 heavy (non-hydrogen) atoms. The van der Waals surface area contributed by atoms with Crippen LogP contribution in [-0.4, -0.2) is 39.9 Å². The molecular weight excluding hydrogens is 524 g/mol. The van der Waals surface area contributed by atoms with Crippen LogP contribution in [0.15, 0.2) is 66.0 Å². The van der Waals surface area contributed by atoms with Gasteiger partial charge >= 0.3 is 0 Å². The zero-order valence-electron chi connectivity index (χ0n) is 20.8. The first-order valence-corrected chi connectivity index (χ1v) is 14.3. The molecule has 0 saturated heterocycles. The Morgan fingerprint density at radius 2 is 1.95 bits per heavy atom. The molecule has 0 fully saturated rings. The summed E-state index contributed by atoms with van der Waals surface area (Å²) in [4.78, 5) is 29.2. The van der Waals surface area contributed by atoms with Gasteiger partial charge in [0.1, 0.15) is 18.1 Å². The minimum Gasteiger partial charge on any atom is -0.352 e. The van der Waals surface area contributed by atoms with E-state index in [9.17, 15) is 9.59 Å². The number of thioether (sulfide) groups is 1. The smallest absolute Gasteiger partial charge is 0.240 e. The molecule has 5 rings (SSSR count). The van der Waals surface area contributed by atoms with E-state index < -0.39 is 0 Å². The lowest BCUT2D eigenvalue weighted by Gasteiger charge is -2.23. The third-order valence-corrected chi connectivity index (χ3v) is 8.39. The molecule has 9 heteroatoms. The van der Waals surface area contributed by atoms with Gasteiger partial charge in [-0.3, -0.25) is 14.5 Å². The van der Waals surface area contributed by atoms with Crippen molar-refractivity contribution in [3.05, 3.63) is 87.8 Å². The molecule has 4 aromatic rings. The molecule has 0 radical (unpaired) electrons. The van der Waals surface area contributed by atoms with E-state index in [0.29, 0.717) is 10.8 Å². The number of nitrogens with zero attached hydrogens (tertiary/aromatic N) is 3. The maximum absolute atomic E-state index is 13.6. The summed E-state index contributed by atoms with van der Waals surface area (Å²) >= 11 is 9.53. The number of hydrogen-bond donors (Lipinski definition) is 1. The van der Waals surface area contributed by atoms with Gasteiger partial charge in [0, 0.05) is 16.6 Å². The van der Waals surface area contributed by atoms with Crippen molar-refractivity contribution in [3.63, 3.8) is 0 Å². The Labute approximate surface area is 229 Å². The van der Waals surface area contributed by atoms with Crippen LogP contribution in [0.2, 0.25) is 5.02 Å². The van der Waals surface area contributed by atoms with Crippen LogP contribution in [-0.2, 0) is 9.59 Å². The van der Waals surface area contributed by atoms with Gasteiger partial charge in [-0.2, -0.15) is 5.10 Å². The van der Waals surface area contributed by atoms with E-state index >= 15 is 0 Å². The number of hydrogen-bond acceptors (Lipinski definition) is 5. The van der Waals surface area contributed by atoms with Crippen molar-refractivity contribution in [3.8, 4) is 16.3 Å². The first-order chi connectivity index (χ1) is 17.8. The number of fused-ring (bicyclic) bond motifs is 1. The van der Waals surface area contributed by atoms with E-state index in [0.717, 1.165) is 32.9 Å². The fourth-order valence-electron chi connectivity index (χ4n) is 4.42. The summed E-state index contributed by atoms with van der Waals surface area (Å²) in [5.74, 6) is 0.486. The molecule has 0 bridgehead atoms. The van der Waals surface area contributed by atoms with Crippen molar-refractivity contribution in [2.24, 2.45) is 0 Å². The number of carbonyl (C=O) groups excluding carboxylic acids is 2. The van der Waals surface area contributed by atoms with Gasteiger partial charge in [-0.1, -0.05) is 47.5 Å². The SMILES string of the molecule is Cc1ccc(-n2nc(-c3cccs3)c3c2N(CC(=O)NC(C)C)C(=O)CSC3c2cccc(Cl)c2)cc1. The Morgan fingerprint density at radius 3 is 2.62 bits per heavy atom. The predicted octanol–water partition coefficient (Wildman–Crippen LogP) is 6.26. The number of benzene rings is 2. The Hall–Kier alpha value is -3.07. The number of thiophene rings is 1. The first-order valence-electron chi connectivity index (χ1n) is 12.0. The number of rotatable bonds is 6. The number of amides is 2. The average molecular weight is 551 g/mol. The number of nitrogens with one attached hydrogen (secondary N) is 1. The van der Waals surface area contributed by atoms with Crippen molar-refractivity contribution in [2.75, 3.05) is 17.2 Å². The summed E-state index contributed by atoms with van der Waals surface area (Å²) in [5, 5.41) is 10.5. The lowest BCUT2D eigenvalue weighted by Crippen LogP contribution is -2.44. The normalized spacial score (nSPS) is 15.5. The van der Waals surface area contributed by atoms with Gasteiger partial charge in [0.15, 0.2) is 0 Å². The highest BCUT2D eigenvalue weighted by Gasteiger charge is 2.38. The Morgan fingerprint density at radius 1 is 1.16 bits per heavy atom. The van der Waals surface area contributed by atoms with Gasteiger partial charge in [0.25, 0.3) is 0 Å². The number of anilines is 1. The molecule has 2 aromatic carbocycles. The predicted molar refractivity (Wildman–Crippen MR) is 153 cm³/mol. The maximum Gasteiger partial charge on any atom is 0.240 e. The average Bonchev–Trinajstić information content (AvgIpc) is 3.49. The summed E-state index contributed by atoms with van der Waals surface area (Å²) < 4.78 is 1.81. The van der Waals surface area contributed by atoms with Crippen LogP contribution in [0.5, 0.6) is 0 Å². The van der Waals surface area contributed by atoms with Crippen LogP contribution in [0.3, 0.4) is 0 Å². The molecular formula is C28H27ClN4O2S2. The highest BCUT2D eigenvalue weighted by atomic mass is 35.5. The standard InChI is InChI=1S/C28H27ClN4O2S2/c1-17(2)30-23(34)15-32-24(35)16-37-27(19-6-4-7-20(29)14-19)25-26(22-8-5-13-36-22)31-33(28(25)32)21-11-9-18(3)10-12-21/h4-14,17,27H,15-16H2,1-3H3,(H,30,34). The second-order valence-corrected chi connectivity index (χ2v) is 11.7. The number of aryl methyl sites for hydroxylation is 1. The monoisotopic (exact) mass is 550 g/mol. The van der Waals surface area contributed by atoms with E-state index in [2.05, 4.69) is 5.32 Å². The molecule has 6 nitrogen and oxygen atoms in total. The molecule has 0 aliphatic carbocycles. The van der Waals surface area contributed by atoms with Crippen LogP contribution in [0.25, 0.3) is 16.3 Å². The van der Waals surface area contributed by atoms with E-state index in [4.69, 9.17) is 16.7 Å². The summed E-state index contributed by atoms with van der Waals surface area (Å²) in [5.41, 5.74) is 4.63. The lowest BCUT2D eigenvalue weighted by atomic mass is 10.0. The molecule has 0 spiro atoms. The van der Waals surface area contributed by atoms with Crippen LogP contribution >= 0.6 is 34.7 Å². The van der Waals surface area contributed by atoms with Gasteiger partial charge in [-0.15, -0.1) is 23.1 Å². The molecule has 2 amide bonds. The molecule has 1 aliphatic heterocycles. The fourth-order valence-corrected chi connectivity index (χ4v) is 6.53. The molecule has 3 heterocycles. The van der Waals surface area contributed by atoms with Crippen LogP contribution < -0.4 is 10.2 Å². The molecule has 1 N–H and O–H groups in total. The van der Waals surface area contributed by atoms with E-state index in [1.54, 1.807) is 16.2 Å². The highest BCUT2D eigenvalue weighted by Crippen LogP contribution is 2.49. The Bertz CT molecular complexity index is 1430. The lowest BCUT2D eigenvalue weighted by molar-refractivity contribution is -0.123. The maximum atomic E-state index is 13.6. The summed E-state index contributed by atoms with van der Waals surface area (Å²) in [6.45, 7) is 5.75. The molecule has 2 aromatic heterocycles. The van der Waals surface area contributed by atoms with Gasteiger partial charge in [-0.25, -0.2) is 4.68 Å². The Balaban J connectivity index is 1.78. The van der Waals surface area contributed by atoms with Gasteiger partial charge in [0.2, 0.25) is 11.8 Å². The minimum absolute atomic E-state index is 0.0358. The Kier molecular flexibility index (Phi) is 7.42. The van der Waals surface area contributed by atoms with E-state index in [1.807, 2.05) is 91.5 Å².